The number of thioether (sulfide) groups is 1. The first-order valence-electron chi connectivity index (χ1n) is 7.91. The molecule has 3 N–H and O–H groups in total. The maximum absolute atomic E-state index is 12.4. The average Bonchev–Trinajstić information content (AvgIpc) is 2.96. The van der Waals surface area contributed by atoms with Crippen molar-refractivity contribution in [2.45, 2.75) is 24.0 Å². The van der Waals surface area contributed by atoms with Crippen LogP contribution in [-0.4, -0.2) is 22.7 Å². The van der Waals surface area contributed by atoms with Gasteiger partial charge in [0.15, 0.2) is 5.13 Å². The number of nitrogens with zero attached hydrogens (tertiary/aromatic N) is 1. The smallest absolute Gasteiger partial charge is 0.239 e. The van der Waals surface area contributed by atoms with Crippen LogP contribution in [0.4, 0.5) is 10.8 Å². The predicted molar refractivity (Wildman–Crippen MR) is 106 cm³/mol. The summed E-state index contributed by atoms with van der Waals surface area (Å²) >= 11 is 2.91. The van der Waals surface area contributed by atoms with E-state index in [2.05, 4.69) is 10.3 Å². The molecule has 0 saturated carbocycles. The number of anilines is 2. The van der Waals surface area contributed by atoms with Gasteiger partial charge >= 0.3 is 0 Å². The second-order valence-corrected chi connectivity index (χ2v) is 7.85. The second kappa shape index (κ2) is 7.76. The van der Waals surface area contributed by atoms with Gasteiger partial charge in [-0.25, -0.2) is 4.98 Å². The Morgan fingerprint density at radius 1 is 1.36 bits per heavy atom. The second-order valence-electron chi connectivity index (χ2n) is 5.40. The third kappa shape index (κ3) is 4.43. The molecule has 0 aliphatic heterocycles. The maximum Gasteiger partial charge on any atom is 0.239 e. The molecule has 5 nitrogen and oxygen atoms in total. The van der Waals surface area contributed by atoms with Crippen molar-refractivity contribution in [2.75, 3.05) is 17.7 Å². The molecular formula is C18H19N3O2S2. The molecule has 1 amide bonds. The number of hydrogen-bond donors (Lipinski definition) is 2. The lowest BCUT2D eigenvalue weighted by atomic mass is 10.3. The molecule has 0 aliphatic carbocycles. The van der Waals surface area contributed by atoms with Crippen molar-refractivity contribution in [1.82, 2.24) is 4.98 Å². The van der Waals surface area contributed by atoms with E-state index in [1.54, 1.807) is 0 Å². The van der Waals surface area contributed by atoms with E-state index in [0.29, 0.717) is 17.4 Å². The summed E-state index contributed by atoms with van der Waals surface area (Å²) in [7, 11) is 0. The van der Waals surface area contributed by atoms with Gasteiger partial charge in [0.25, 0.3) is 0 Å². The first kappa shape index (κ1) is 17.6. The summed E-state index contributed by atoms with van der Waals surface area (Å²) in [6, 6.07) is 13.2. The van der Waals surface area contributed by atoms with Crippen LogP contribution in [-0.2, 0) is 4.79 Å². The van der Waals surface area contributed by atoms with Crippen LogP contribution in [0.2, 0.25) is 0 Å². The number of nitrogens with two attached hydrogens (primary N) is 1. The summed E-state index contributed by atoms with van der Waals surface area (Å²) in [4.78, 5) is 17.9. The fraction of sp³-hybridized carbons (Fsp3) is 0.222. The first-order chi connectivity index (χ1) is 12.0. The van der Waals surface area contributed by atoms with Crippen LogP contribution < -0.4 is 15.8 Å². The van der Waals surface area contributed by atoms with E-state index in [1.807, 2.05) is 56.3 Å². The van der Waals surface area contributed by atoms with Crippen molar-refractivity contribution < 1.29 is 9.53 Å². The monoisotopic (exact) mass is 373 g/mol. The highest BCUT2D eigenvalue weighted by atomic mass is 32.2. The van der Waals surface area contributed by atoms with Crippen molar-refractivity contribution in [1.29, 1.82) is 0 Å². The maximum atomic E-state index is 12.4. The summed E-state index contributed by atoms with van der Waals surface area (Å²) in [5.41, 5.74) is 7.31. The first-order valence-corrected chi connectivity index (χ1v) is 9.61. The average molecular weight is 374 g/mol. The Morgan fingerprint density at radius 3 is 2.96 bits per heavy atom. The number of amides is 1. The van der Waals surface area contributed by atoms with Gasteiger partial charge in [-0.2, -0.15) is 0 Å². The van der Waals surface area contributed by atoms with Crippen LogP contribution >= 0.6 is 23.1 Å². The van der Waals surface area contributed by atoms with Crippen LogP contribution in [0.15, 0.2) is 47.4 Å². The van der Waals surface area contributed by atoms with E-state index in [-0.39, 0.29) is 11.2 Å². The largest absolute Gasteiger partial charge is 0.494 e. The van der Waals surface area contributed by atoms with Gasteiger partial charge in [-0.15, -0.1) is 11.8 Å². The molecule has 0 fully saturated rings. The van der Waals surface area contributed by atoms with E-state index in [4.69, 9.17) is 10.5 Å². The van der Waals surface area contributed by atoms with Crippen molar-refractivity contribution in [3.05, 3.63) is 42.5 Å². The number of ether oxygens (including phenoxy) is 1. The molecule has 7 heteroatoms. The van der Waals surface area contributed by atoms with Crippen molar-refractivity contribution in [3.63, 3.8) is 0 Å². The number of fused-ring (bicyclic) bond motifs is 1. The Bertz CT molecular complexity index is 895. The molecule has 0 aliphatic rings. The minimum Gasteiger partial charge on any atom is -0.494 e. The van der Waals surface area contributed by atoms with Crippen molar-refractivity contribution >= 4 is 50.0 Å². The number of nitrogens with one attached hydrogen (secondary N) is 1. The van der Waals surface area contributed by atoms with E-state index >= 15 is 0 Å². The number of carbonyl (C=O) groups is 1. The normalized spacial score (nSPS) is 12.1. The number of aromatic nitrogens is 1. The zero-order valence-corrected chi connectivity index (χ0v) is 15.6. The van der Waals surface area contributed by atoms with E-state index < -0.39 is 0 Å². The number of benzene rings is 2. The third-order valence-corrected chi connectivity index (χ3v) is 5.47. The number of thiazole rings is 1. The molecule has 0 bridgehead atoms. The predicted octanol–water partition coefficient (Wildman–Crippen LogP) is 4.40. The van der Waals surface area contributed by atoms with Crippen molar-refractivity contribution in [2.24, 2.45) is 0 Å². The van der Waals surface area contributed by atoms with Gasteiger partial charge in [0.2, 0.25) is 5.91 Å². The van der Waals surface area contributed by atoms with Crippen molar-refractivity contribution in [3.8, 4) is 5.75 Å². The summed E-state index contributed by atoms with van der Waals surface area (Å²) in [6.45, 7) is 4.43. The highest BCUT2D eigenvalue weighted by molar-refractivity contribution is 8.00. The minimum absolute atomic E-state index is 0.0866. The highest BCUT2D eigenvalue weighted by Gasteiger charge is 2.16. The van der Waals surface area contributed by atoms with Crippen LogP contribution in [0.5, 0.6) is 5.75 Å². The van der Waals surface area contributed by atoms with Crippen LogP contribution in [0.3, 0.4) is 0 Å². The fourth-order valence-corrected chi connectivity index (χ4v) is 4.10. The Kier molecular flexibility index (Phi) is 5.45. The molecule has 0 spiro atoms. The van der Waals surface area contributed by atoms with Gasteiger partial charge in [0.1, 0.15) is 5.75 Å². The number of hydrogen-bond acceptors (Lipinski definition) is 6. The third-order valence-electron chi connectivity index (χ3n) is 3.44. The quantitative estimate of drug-likeness (QED) is 0.495. The van der Waals surface area contributed by atoms with Gasteiger partial charge in [-0.3, -0.25) is 4.79 Å². The number of rotatable bonds is 6. The lowest BCUT2D eigenvalue weighted by Gasteiger charge is -2.10. The Labute approximate surface area is 154 Å². The summed E-state index contributed by atoms with van der Waals surface area (Å²) in [6.07, 6.45) is 0. The zero-order chi connectivity index (χ0) is 17.8. The number of carbonyl (C=O) groups excluding carboxylic acids is 1. The summed E-state index contributed by atoms with van der Waals surface area (Å²) in [5.74, 6) is 0.721. The molecule has 3 rings (SSSR count). The van der Waals surface area contributed by atoms with E-state index in [1.165, 1.54) is 23.1 Å². The zero-order valence-electron chi connectivity index (χ0n) is 14.0. The highest BCUT2D eigenvalue weighted by Crippen LogP contribution is 2.30. The molecule has 0 saturated heterocycles. The Balaban J connectivity index is 1.68. The summed E-state index contributed by atoms with van der Waals surface area (Å²) < 4.78 is 6.48. The van der Waals surface area contributed by atoms with Gasteiger partial charge < -0.3 is 15.8 Å². The van der Waals surface area contributed by atoms with Gasteiger partial charge in [-0.1, -0.05) is 17.4 Å². The standard InChI is InChI=1S/C18H19N3O2S2/c1-3-23-13-7-8-15-16(10-13)25-18(20-15)21-17(22)11(2)24-14-6-4-5-12(19)9-14/h4-11H,3,19H2,1-2H3,(H,20,21,22). The summed E-state index contributed by atoms with van der Waals surface area (Å²) in [5, 5.41) is 3.23. The minimum atomic E-state index is -0.257. The van der Waals surface area contributed by atoms with E-state index in [0.717, 1.165) is 20.9 Å². The Hall–Kier alpha value is -2.25. The molecule has 1 heterocycles. The molecular weight excluding hydrogens is 354 g/mol. The fourth-order valence-electron chi connectivity index (χ4n) is 2.27. The topological polar surface area (TPSA) is 77.2 Å². The molecule has 130 valence electrons. The lowest BCUT2D eigenvalue weighted by molar-refractivity contribution is -0.115. The lowest BCUT2D eigenvalue weighted by Crippen LogP contribution is -2.22. The van der Waals surface area contributed by atoms with Crippen LogP contribution in [0.1, 0.15) is 13.8 Å². The molecule has 1 aromatic heterocycles. The molecule has 25 heavy (non-hydrogen) atoms. The molecule has 3 aromatic rings. The van der Waals surface area contributed by atoms with Crippen LogP contribution in [0, 0.1) is 0 Å². The van der Waals surface area contributed by atoms with Crippen LogP contribution in [0.25, 0.3) is 10.2 Å². The Morgan fingerprint density at radius 2 is 2.20 bits per heavy atom. The molecule has 2 aromatic carbocycles. The van der Waals surface area contributed by atoms with E-state index in [9.17, 15) is 4.79 Å². The number of nitrogen functional groups attached to an aromatic ring is 1. The molecule has 0 radical (unpaired) electrons. The molecule has 1 atom stereocenters. The SMILES string of the molecule is CCOc1ccc2nc(NC(=O)C(C)Sc3cccc(N)c3)sc2c1. The van der Waals surface area contributed by atoms with Gasteiger partial charge in [-0.05, 0) is 50.2 Å². The van der Waals surface area contributed by atoms with Gasteiger partial charge in [0, 0.05) is 10.6 Å². The van der Waals surface area contributed by atoms with Gasteiger partial charge in [0.05, 0.1) is 22.1 Å². The molecule has 1 unspecified atom stereocenters.